The summed E-state index contributed by atoms with van der Waals surface area (Å²) in [6, 6.07) is 9.77. The number of nitrogens with zero attached hydrogens (tertiary/aromatic N) is 4. The number of H-pyrrole nitrogens is 1. The lowest BCUT2D eigenvalue weighted by Crippen LogP contribution is -2.46. The molecule has 4 heterocycles. The summed E-state index contributed by atoms with van der Waals surface area (Å²) in [5.41, 5.74) is 10.1. The van der Waals surface area contributed by atoms with Crippen LogP contribution in [0.2, 0.25) is 0 Å². The highest BCUT2D eigenvalue weighted by Crippen LogP contribution is 2.33. The Morgan fingerprint density at radius 2 is 1.92 bits per heavy atom. The third-order valence-corrected chi connectivity index (χ3v) is 7.07. The van der Waals surface area contributed by atoms with Crippen molar-refractivity contribution in [3.63, 3.8) is 0 Å². The van der Waals surface area contributed by atoms with Gasteiger partial charge in [0.25, 0.3) is 5.56 Å². The molecule has 1 unspecified atom stereocenters. The summed E-state index contributed by atoms with van der Waals surface area (Å²) in [4.78, 5) is 42.1. The number of hydrogen-bond donors (Lipinski definition) is 3. The Labute approximate surface area is 208 Å². The number of aromatic nitrogens is 4. The number of rotatable bonds is 6. The average molecular weight is 484 g/mol. The van der Waals surface area contributed by atoms with E-state index in [9.17, 15) is 9.59 Å². The van der Waals surface area contributed by atoms with Gasteiger partial charge in [-0.3, -0.25) is 14.5 Å². The van der Waals surface area contributed by atoms with Gasteiger partial charge in [-0.15, -0.1) is 0 Å². The molecule has 1 aliphatic rings. The Balaban J connectivity index is 1.42. The van der Waals surface area contributed by atoms with Gasteiger partial charge in [0, 0.05) is 29.8 Å². The summed E-state index contributed by atoms with van der Waals surface area (Å²) in [5, 5.41) is 4.65. The second kappa shape index (κ2) is 9.87. The minimum Gasteiger partial charge on any atom is -0.368 e. The number of nitrogens with one attached hydrogen (secondary N) is 2. The fourth-order valence-electron chi connectivity index (χ4n) is 5.01. The normalized spacial score (nSPS) is 15.6. The molecule has 5 rings (SSSR count). The van der Waals surface area contributed by atoms with Gasteiger partial charge in [-0.1, -0.05) is 6.07 Å². The highest BCUT2D eigenvalue weighted by Gasteiger charge is 2.26. The Hall–Kier alpha value is -4.11. The number of carbonyl (C=O) groups excluding carboxylic acids is 1. The number of nitrogens with two attached hydrogens (primary N) is 1. The minimum atomic E-state index is -0.274. The van der Waals surface area contributed by atoms with E-state index in [0.717, 1.165) is 42.6 Å². The minimum absolute atomic E-state index is 0.205. The fourth-order valence-corrected chi connectivity index (χ4v) is 5.01. The first kappa shape index (κ1) is 23.6. The number of hydrogen-bond acceptors (Lipinski definition) is 7. The van der Waals surface area contributed by atoms with E-state index in [0.29, 0.717) is 22.8 Å². The van der Waals surface area contributed by atoms with Crippen LogP contribution in [0.4, 0.5) is 11.5 Å². The van der Waals surface area contributed by atoms with E-state index in [-0.39, 0.29) is 17.5 Å². The van der Waals surface area contributed by atoms with Gasteiger partial charge in [-0.2, -0.15) is 0 Å². The summed E-state index contributed by atoms with van der Waals surface area (Å²) >= 11 is 0. The first-order valence-corrected chi connectivity index (χ1v) is 12.1. The monoisotopic (exact) mass is 483 g/mol. The number of primary amides is 1. The van der Waals surface area contributed by atoms with Crippen molar-refractivity contribution in [1.82, 2.24) is 24.8 Å². The lowest BCUT2D eigenvalue weighted by Gasteiger charge is -2.35. The molecule has 1 atom stereocenters. The second-order valence-corrected chi connectivity index (χ2v) is 9.34. The maximum absolute atomic E-state index is 12.7. The number of benzene rings is 1. The van der Waals surface area contributed by atoms with Crippen molar-refractivity contribution < 1.29 is 4.79 Å². The van der Waals surface area contributed by atoms with Crippen molar-refractivity contribution in [3.8, 4) is 11.3 Å². The van der Waals surface area contributed by atoms with Crippen LogP contribution in [0.3, 0.4) is 0 Å². The summed E-state index contributed by atoms with van der Waals surface area (Å²) in [5.74, 6) is 0.636. The van der Waals surface area contributed by atoms with Crippen molar-refractivity contribution >= 4 is 28.2 Å². The topological polar surface area (TPSA) is 130 Å². The predicted molar refractivity (Wildman–Crippen MR) is 140 cm³/mol. The molecule has 9 nitrogen and oxygen atoms in total. The van der Waals surface area contributed by atoms with Crippen molar-refractivity contribution in [1.29, 1.82) is 0 Å². The van der Waals surface area contributed by atoms with Crippen molar-refractivity contribution in [3.05, 3.63) is 76.7 Å². The quantitative estimate of drug-likeness (QED) is 0.383. The third kappa shape index (κ3) is 4.70. The van der Waals surface area contributed by atoms with E-state index in [1.807, 2.05) is 25.1 Å². The molecular formula is C27H29N7O2. The van der Waals surface area contributed by atoms with Crippen molar-refractivity contribution in [2.75, 3.05) is 18.4 Å². The SMILES string of the molecule is Cc1cc(Nc2nc(-c3cncnc3)cc3cc[nH]c(=O)c23)ccc1C1CCN(C(C)C(N)=O)CC1. The van der Waals surface area contributed by atoms with Crippen LogP contribution in [-0.4, -0.2) is 49.9 Å². The van der Waals surface area contributed by atoms with Crippen LogP contribution < -0.4 is 16.6 Å². The number of amides is 1. The molecule has 0 spiro atoms. The Kier molecular flexibility index (Phi) is 6.47. The number of aromatic amines is 1. The summed E-state index contributed by atoms with van der Waals surface area (Å²) in [6.45, 7) is 5.68. The molecule has 36 heavy (non-hydrogen) atoms. The van der Waals surface area contributed by atoms with E-state index in [1.165, 1.54) is 17.5 Å². The molecule has 0 aliphatic carbocycles. The molecule has 4 N–H and O–H groups in total. The van der Waals surface area contributed by atoms with Gasteiger partial charge in [0.1, 0.15) is 12.1 Å². The zero-order valence-electron chi connectivity index (χ0n) is 20.4. The van der Waals surface area contributed by atoms with Crippen molar-refractivity contribution in [2.45, 2.75) is 38.6 Å². The van der Waals surface area contributed by atoms with E-state index in [1.54, 1.807) is 18.6 Å². The van der Waals surface area contributed by atoms with E-state index >= 15 is 0 Å². The number of fused-ring (bicyclic) bond motifs is 1. The van der Waals surface area contributed by atoms with Crippen LogP contribution in [-0.2, 0) is 4.79 Å². The highest BCUT2D eigenvalue weighted by molar-refractivity contribution is 5.95. The van der Waals surface area contributed by atoms with Gasteiger partial charge in [0.15, 0.2) is 0 Å². The highest BCUT2D eigenvalue weighted by atomic mass is 16.1. The first-order valence-electron chi connectivity index (χ1n) is 12.1. The lowest BCUT2D eigenvalue weighted by molar-refractivity contribution is -0.123. The van der Waals surface area contributed by atoms with Gasteiger partial charge in [-0.25, -0.2) is 15.0 Å². The molecule has 1 aromatic carbocycles. The molecule has 3 aromatic heterocycles. The molecule has 1 amide bonds. The predicted octanol–water partition coefficient (Wildman–Crippen LogP) is 3.49. The Morgan fingerprint density at radius 3 is 2.61 bits per heavy atom. The standard InChI is InChI=1S/C27H29N7O2/c1-16-11-21(3-4-22(16)18-6-9-34(10-7-18)17(2)25(28)35)32-26-24-19(5-8-31-27(24)36)12-23(33-26)20-13-29-15-30-14-20/h3-5,8,11-15,17-18H,6-7,9-10H2,1-2H3,(H2,28,35)(H,31,36)(H,32,33). The Morgan fingerprint density at radius 1 is 1.17 bits per heavy atom. The van der Waals surface area contributed by atoms with E-state index in [2.05, 4.69) is 44.2 Å². The molecule has 1 aliphatic heterocycles. The number of aryl methyl sites for hydroxylation is 1. The molecule has 0 radical (unpaired) electrons. The molecule has 0 bridgehead atoms. The summed E-state index contributed by atoms with van der Waals surface area (Å²) in [6.07, 6.45) is 8.47. The largest absolute Gasteiger partial charge is 0.368 e. The molecule has 0 saturated carbocycles. The number of piperidine rings is 1. The maximum Gasteiger partial charge on any atom is 0.259 e. The van der Waals surface area contributed by atoms with Crippen LogP contribution in [0.15, 0.2) is 60.0 Å². The van der Waals surface area contributed by atoms with Gasteiger partial charge < -0.3 is 16.0 Å². The maximum atomic E-state index is 12.7. The van der Waals surface area contributed by atoms with E-state index < -0.39 is 0 Å². The molecule has 4 aromatic rings. The van der Waals surface area contributed by atoms with Gasteiger partial charge in [-0.05, 0) is 86.5 Å². The first-order chi connectivity index (χ1) is 17.4. The molecule has 1 saturated heterocycles. The number of likely N-dealkylation sites (tertiary alicyclic amines) is 1. The number of anilines is 2. The lowest BCUT2D eigenvalue weighted by atomic mass is 9.86. The average Bonchev–Trinajstić information content (AvgIpc) is 2.89. The zero-order chi connectivity index (χ0) is 25.2. The van der Waals surface area contributed by atoms with Crippen LogP contribution in [0.5, 0.6) is 0 Å². The molecule has 1 fully saturated rings. The second-order valence-electron chi connectivity index (χ2n) is 9.34. The van der Waals surface area contributed by atoms with Gasteiger partial charge >= 0.3 is 0 Å². The summed E-state index contributed by atoms with van der Waals surface area (Å²) in [7, 11) is 0. The van der Waals surface area contributed by atoms with Gasteiger partial charge in [0.05, 0.1) is 17.1 Å². The zero-order valence-corrected chi connectivity index (χ0v) is 20.4. The van der Waals surface area contributed by atoms with E-state index in [4.69, 9.17) is 10.7 Å². The molecule has 9 heteroatoms. The fraction of sp³-hybridized carbons (Fsp3) is 0.296. The molecular weight excluding hydrogens is 454 g/mol. The van der Waals surface area contributed by atoms with Crippen LogP contribution in [0.25, 0.3) is 22.0 Å². The number of carbonyl (C=O) groups is 1. The smallest absolute Gasteiger partial charge is 0.259 e. The van der Waals surface area contributed by atoms with Crippen LogP contribution in [0, 0.1) is 6.92 Å². The third-order valence-electron chi connectivity index (χ3n) is 7.07. The number of pyridine rings is 2. The Bertz CT molecular complexity index is 1460. The van der Waals surface area contributed by atoms with Gasteiger partial charge in [0.2, 0.25) is 5.91 Å². The van der Waals surface area contributed by atoms with Crippen LogP contribution in [0.1, 0.15) is 36.8 Å². The van der Waals surface area contributed by atoms with Crippen molar-refractivity contribution in [2.24, 2.45) is 5.73 Å². The molecule has 184 valence electrons. The summed E-state index contributed by atoms with van der Waals surface area (Å²) < 4.78 is 0. The van der Waals surface area contributed by atoms with Crippen LogP contribution >= 0.6 is 0 Å².